The molecule has 0 radical (unpaired) electrons. The summed E-state index contributed by atoms with van der Waals surface area (Å²) in [5.74, 6) is -3.52. The molecule has 0 aliphatic carbocycles. The molecule has 2 rings (SSSR count). The van der Waals surface area contributed by atoms with E-state index in [1.54, 1.807) is 18.2 Å². The van der Waals surface area contributed by atoms with Crippen LogP contribution >= 0.6 is 0 Å². The van der Waals surface area contributed by atoms with Gasteiger partial charge in [0, 0.05) is 0 Å². The summed E-state index contributed by atoms with van der Waals surface area (Å²) in [5.41, 5.74) is -0.680. The molecule has 1 aromatic carbocycles. The molecule has 1 aliphatic heterocycles. The van der Waals surface area contributed by atoms with Gasteiger partial charge in [-0.25, -0.2) is 8.78 Å². The van der Waals surface area contributed by atoms with Crippen LogP contribution in [-0.2, 0) is 0 Å². The summed E-state index contributed by atoms with van der Waals surface area (Å²) in [5, 5.41) is 9.19. The van der Waals surface area contributed by atoms with Crippen LogP contribution in [0.2, 0.25) is 0 Å². The van der Waals surface area contributed by atoms with Crippen molar-refractivity contribution in [3.05, 3.63) is 53.5 Å². The first-order valence-corrected chi connectivity index (χ1v) is 5.18. The van der Waals surface area contributed by atoms with E-state index in [0.29, 0.717) is 5.06 Å². The summed E-state index contributed by atoms with van der Waals surface area (Å²) in [6.07, 6.45) is 0. The van der Waals surface area contributed by atoms with Crippen LogP contribution < -0.4 is 4.84 Å². The molecule has 0 saturated heterocycles. The van der Waals surface area contributed by atoms with E-state index in [0.717, 1.165) is 0 Å². The number of hydrogen-bond acceptors (Lipinski definition) is 3. The van der Waals surface area contributed by atoms with Crippen molar-refractivity contribution in [3.8, 4) is 5.75 Å². The zero-order valence-corrected chi connectivity index (χ0v) is 9.24. The Kier molecular flexibility index (Phi) is 3.57. The van der Waals surface area contributed by atoms with E-state index >= 15 is 0 Å². The van der Waals surface area contributed by atoms with Crippen molar-refractivity contribution in [1.29, 1.82) is 0 Å². The highest BCUT2D eigenvalue weighted by atomic mass is 19.2. The smallest absolute Gasteiger partial charge is 0.259 e. The first-order valence-electron chi connectivity index (χ1n) is 5.18. The topological polar surface area (TPSA) is 32.7 Å². The van der Waals surface area contributed by atoms with Gasteiger partial charge in [0.05, 0.1) is 12.2 Å². The number of benzene rings is 1. The van der Waals surface area contributed by atoms with E-state index in [1.165, 1.54) is 12.1 Å². The molecule has 0 bridgehead atoms. The van der Waals surface area contributed by atoms with Crippen molar-refractivity contribution in [2.75, 3.05) is 13.2 Å². The van der Waals surface area contributed by atoms with E-state index in [4.69, 9.17) is 9.94 Å². The molecule has 18 heavy (non-hydrogen) atoms. The van der Waals surface area contributed by atoms with Crippen molar-refractivity contribution in [1.82, 2.24) is 5.06 Å². The number of rotatable bonds is 3. The van der Waals surface area contributed by atoms with E-state index in [1.807, 2.05) is 0 Å². The van der Waals surface area contributed by atoms with Crippen LogP contribution in [0.1, 0.15) is 0 Å². The van der Waals surface area contributed by atoms with Crippen LogP contribution in [0.25, 0.3) is 0 Å². The summed E-state index contributed by atoms with van der Waals surface area (Å²) < 4.78 is 40.3. The second-order valence-electron chi connectivity index (χ2n) is 3.59. The molecule has 0 unspecified atom stereocenters. The van der Waals surface area contributed by atoms with Crippen LogP contribution in [0.5, 0.6) is 5.75 Å². The fourth-order valence-electron chi connectivity index (χ4n) is 1.48. The summed E-state index contributed by atoms with van der Waals surface area (Å²) in [4.78, 5) is 5.01. The van der Waals surface area contributed by atoms with Gasteiger partial charge in [-0.2, -0.15) is 9.45 Å². The number of aliphatic hydroxyl groups is 1. The molecule has 1 aromatic rings. The number of halogens is 3. The van der Waals surface area contributed by atoms with Crippen LogP contribution in [-0.4, -0.2) is 23.3 Å². The Labute approximate surface area is 101 Å². The maximum Gasteiger partial charge on any atom is 0.259 e. The molecule has 0 saturated carbocycles. The summed E-state index contributed by atoms with van der Waals surface area (Å²) in [6.45, 7) is -1.49. The van der Waals surface area contributed by atoms with E-state index in [9.17, 15) is 13.2 Å². The molecule has 0 spiro atoms. The Morgan fingerprint density at radius 1 is 1.17 bits per heavy atom. The van der Waals surface area contributed by atoms with Gasteiger partial charge in [0.1, 0.15) is 12.4 Å². The van der Waals surface area contributed by atoms with Gasteiger partial charge in [-0.1, -0.05) is 18.2 Å². The van der Waals surface area contributed by atoms with Gasteiger partial charge in [-0.3, -0.25) is 0 Å². The van der Waals surface area contributed by atoms with Crippen molar-refractivity contribution >= 4 is 0 Å². The normalized spacial score (nSPS) is 16.3. The first-order chi connectivity index (χ1) is 8.63. The van der Waals surface area contributed by atoms with Crippen molar-refractivity contribution in [2.24, 2.45) is 0 Å². The molecule has 1 N–H and O–H groups in total. The van der Waals surface area contributed by atoms with E-state index < -0.39 is 36.3 Å². The van der Waals surface area contributed by atoms with Gasteiger partial charge in [-0.15, -0.1) is 0 Å². The van der Waals surface area contributed by atoms with Gasteiger partial charge >= 0.3 is 0 Å². The van der Waals surface area contributed by atoms with Crippen LogP contribution in [0.15, 0.2) is 53.5 Å². The summed E-state index contributed by atoms with van der Waals surface area (Å²) >= 11 is 0. The Hall–Kier alpha value is -1.95. The number of nitrogens with zero attached hydrogens (tertiary/aromatic N) is 1. The lowest BCUT2D eigenvalue weighted by atomic mass is 10.2. The maximum absolute atomic E-state index is 13.5. The van der Waals surface area contributed by atoms with Crippen LogP contribution in [0.4, 0.5) is 13.2 Å². The third-order valence-corrected chi connectivity index (χ3v) is 2.39. The first kappa shape index (κ1) is 12.5. The lowest BCUT2D eigenvalue weighted by molar-refractivity contribution is -0.0481. The molecule has 3 nitrogen and oxygen atoms in total. The minimum absolute atomic E-state index is 0.251. The molecule has 1 heterocycles. The molecule has 96 valence electrons. The third-order valence-electron chi connectivity index (χ3n) is 2.39. The predicted octanol–water partition coefficient (Wildman–Crippen LogP) is 2.62. The highest BCUT2D eigenvalue weighted by Gasteiger charge is 2.29. The van der Waals surface area contributed by atoms with Gasteiger partial charge in [0.2, 0.25) is 0 Å². The second-order valence-corrected chi connectivity index (χ2v) is 3.59. The van der Waals surface area contributed by atoms with Crippen molar-refractivity contribution in [2.45, 2.75) is 0 Å². The molecular formula is C12H10F3NO2. The SMILES string of the molecule is OCC1=C(F)CN(Oc2ccccc2)C(F)=C1F. The Morgan fingerprint density at radius 3 is 2.44 bits per heavy atom. The molecule has 1 aliphatic rings. The highest BCUT2D eigenvalue weighted by Crippen LogP contribution is 2.30. The molecule has 0 amide bonds. The average Bonchev–Trinajstić information content (AvgIpc) is 2.37. The Balaban J connectivity index is 2.21. The predicted molar refractivity (Wildman–Crippen MR) is 58.2 cm³/mol. The fraction of sp³-hybridized carbons (Fsp3) is 0.167. The third kappa shape index (κ3) is 2.33. The quantitative estimate of drug-likeness (QED) is 0.845. The van der Waals surface area contributed by atoms with Crippen LogP contribution in [0, 0.1) is 0 Å². The van der Waals surface area contributed by atoms with Crippen molar-refractivity contribution in [3.63, 3.8) is 0 Å². The number of aliphatic hydroxyl groups excluding tert-OH is 1. The number of hydroxylamine groups is 2. The molecule has 0 aromatic heterocycles. The molecule has 0 fully saturated rings. The molecule has 0 atom stereocenters. The highest BCUT2D eigenvalue weighted by molar-refractivity contribution is 5.34. The zero-order valence-electron chi connectivity index (χ0n) is 9.24. The lowest BCUT2D eigenvalue weighted by Crippen LogP contribution is -2.31. The molecule has 6 heteroatoms. The minimum Gasteiger partial charge on any atom is -0.391 e. The Morgan fingerprint density at radius 2 is 1.83 bits per heavy atom. The average molecular weight is 257 g/mol. The van der Waals surface area contributed by atoms with E-state index in [2.05, 4.69) is 0 Å². The lowest BCUT2D eigenvalue weighted by Gasteiger charge is -2.25. The van der Waals surface area contributed by atoms with Crippen molar-refractivity contribution < 1.29 is 23.1 Å². The van der Waals surface area contributed by atoms with Gasteiger partial charge in [0.15, 0.2) is 11.6 Å². The zero-order chi connectivity index (χ0) is 13.1. The minimum atomic E-state index is -1.45. The largest absolute Gasteiger partial charge is 0.391 e. The van der Waals surface area contributed by atoms with Gasteiger partial charge in [0.25, 0.3) is 5.95 Å². The Bertz CT molecular complexity index is 499. The van der Waals surface area contributed by atoms with Gasteiger partial charge < -0.3 is 9.94 Å². The number of hydrogen-bond donors (Lipinski definition) is 1. The monoisotopic (exact) mass is 257 g/mol. The summed E-state index contributed by atoms with van der Waals surface area (Å²) in [7, 11) is 0. The second kappa shape index (κ2) is 5.14. The maximum atomic E-state index is 13.5. The summed E-state index contributed by atoms with van der Waals surface area (Å²) in [6, 6.07) is 8.05. The standard InChI is InChI=1S/C12H10F3NO2/c13-10-6-16(12(15)11(14)9(10)7-17)18-8-4-2-1-3-5-8/h1-5,17H,6-7H2. The van der Waals surface area contributed by atoms with Gasteiger partial charge in [-0.05, 0) is 12.1 Å². The fourth-order valence-corrected chi connectivity index (χ4v) is 1.48. The van der Waals surface area contributed by atoms with Crippen LogP contribution in [0.3, 0.4) is 0 Å². The number of para-hydroxylation sites is 1. The van der Waals surface area contributed by atoms with E-state index in [-0.39, 0.29) is 5.75 Å². The molecular weight excluding hydrogens is 247 g/mol.